The van der Waals surface area contributed by atoms with Gasteiger partial charge in [0.1, 0.15) is 0 Å². The van der Waals surface area contributed by atoms with E-state index in [1.54, 1.807) is 24.3 Å². The van der Waals surface area contributed by atoms with E-state index in [4.69, 9.17) is 4.98 Å². The van der Waals surface area contributed by atoms with E-state index in [1.807, 2.05) is 73.7 Å². The van der Waals surface area contributed by atoms with Crippen LogP contribution in [-0.2, 0) is 16.4 Å². The van der Waals surface area contributed by atoms with Gasteiger partial charge in [0.05, 0.1) is 16.5 Å². The molecule has 0 radical (unpaired) electrons. The van der Waals surface area contributed by atoms with E-state index >= 15 is 0 Å². The van der Waals surface area contributed by atoms with Crippen LogP contribution in [0.4, 0.5) is 0 Å². The number of nitrogens with one attached hydrogen (secondary N) is 1. The Labute approximate surface area is 171 Å². The molecule has 0 aliphatic rings. The molecule has 29 heavy (non-hydrogen) atoms. The van der Waals surface area contributed by atoms with Crippen molar-refractivity contribution in [1.82, 2.24) is 9.71 Å². The van der Waals surface area contributed by atoms with Gasteiger partial charge in [0.15, 0.2) is 0 Å². The number of para-hydroxylation sites is 1. The average Bonchev–Trinajstić information content (AvgIpc) is 2.74. The van der Waals surface area contributed by atoms with Crippen LogP contribution in [0.25, 0.3) is 10.9 Å². The first-order valence-electron chi connectivity index (χ1n) is 9.50. The Balaban J connectivity index is 1.67. The lowest BCUT2D eigenvalue weighted by atomic mass is 10.0. The van der Waals surface area contributed by atoms with Gasteiger partial charge in [-0.25, -0.2) is 13.1 Å². The number of sulfonamides is 1. The van der Waals surface area contributed by atoms with E-state index < -0.39 is 16.1 Å². The fraction of sp³-hybridized carbons (Fsp3) is 0.125. The highest BCUT2D eigenvalue weighted by atomic mass is 32.2. The summed E-state index contributed by atoms with van der Waals surface area (Å²) in [7, 11) is -3.66. The maximum Gasteiger partial charge on any atom is 0.241 e. The Morgan fingerprint density at radius 2 is 1.52 bits per heavy atom. The van der Waals surface area contributed by atoms with Crippen LogP contribution in [0, 0.1) is 6.92 Å². The van der Waals surface area contributed by atoms with Crippen LogP contribution in [0.2, 0.25) is 0 Å². The molecule has 0 aliphatic heterocycles. The van der Waals surface area contributed by atoms with Gasteiger partial charge < -0.3 is 0 Å². The van der Waals surface area contributed by atoms with Crippen molar-refractivity contribution >= 4 is 20.9 Å². The highest BCUT2D eigenvalue weighted by molar-refractivity contribution is 7.89. The maximum atomic E-state index is 13.0. The van der Waals surface area contributed by atoms with E-state index in [9.17, 15) is 8.42 Å². The topological polar surface area (TPSA) is 59.1 Å². The lowest BCUT2D eigenvalue weighted by Crippen LogP contribution is -2.30. The van der Waals surface area contributed by atoms with Crippen molar-refractivity contribution in [3.8, 4) is 0 Å². The van der Waals surface area contributed by atoms with Crippen LogP contribution in [0.1, 0.15) is 22.9 Å². The van der Waals surface area contributed by atoms with Gasteiger partial charge in [-0.3, -0.25) is 4.98 Å². The summed E-state index contributed by atoms with van der Waals surface area (Å²) < 4.78 is 28.9. The van der Waals surface area contributed by atoms with Crippen LogP contribution in [0.15, 0.2) is 95.9 Å². The Bertz CT molecular complexity index is 1220. The molecule has 0 fully saturated rings. The second-order valence-corrected chi connectivity index (χ2v) is 8.81. The Kier molecular flexibility index (Phi) is 5.43. The fourth-order valence-electron chi connectivity index (χ4n) is 3.32. The highest BCUT2D eigenvalue weighted by Gasteiger charge is 2.22. The van der Waals surface area contributed by atoms with Gasteiger partial charge in [0.25, 0.3) is 0 Å². The number of aryl methyl sites for hydroxylation is 1. The van der Waals surface area contributed by atoms with Crippen molar-refractivity contribution in [3.05, 3.63) is 108 Å². The number of pyridine rings is 1. The number of hydrogen-bond donors (Lipinski definition) is 1. The largest absolute Gasteiger partial charge is 0.253 e. The molecular formula is C24H22N2O2S. The lowest BCUT2D eigenvalue weighted by Gasteiger charge is -2.19. The zero-order chi connectivity index (χ0) is 20.3. The molecule has 5 heteroatoms. The van der Waals surface area contributed by atoms with Crippen LogP contribution in [-0.4, -0.2) is 13.4 Å². The highest BCUT2D eigenvalue weighted by Crippen LogP contribution is 2.22. The van der Waals surface area contributed by atoms with E-state index in [0.29, 0.717) is 6.42 Å². The predicted molar refractivity (Wildman–Crippen MR) is 116 cm³/mol. The van der Waals surface area contributed by atoms with Gasteiger partial charge in [-0.1, -0.05) is 72.3 Å². The number of benzene rings is 3. The number of hydrogen-bond acceptors (Lipinski definition) is 3. The summed E-state index contributed by atoms with van der Waals surface area (Å²) in [6.45, 7) is 1.93. The second kappa shape index (κ2) is 8.15. The van der Waals surface area contributed by atoms with Crippen molar-refractivity contribution in [1.29, 1.82) is 0 Å². The summed E-state index contributed by atoms with van der Waals surface area (Å²) in [4.78, 5) is 4.98. The molecule has 0 amide bonds. The summed E-state index contributed by atoms with van der Waals surface area (Å²) >= 11 is 0. The quantitative estimate of drug-likeness (QED) is 0.504. The summed E-state index contributed by atoms with van der Waals surface area (Å²) in [5.41, 5.74) is 3.66. The normalized spacial score (nSPS) is 12.7. The Morgan fingerprint density at radius 1 is 0.828 bits per heavy atom. The summed E-state index contributed by atoms with van der Waals surface area (Å²) in [6, 6.07) is 28.0. The van der Waals surface area contributed by atoms with Crippen molar-refractivity contribution in [2.45, 2.75) is 24.3 Å². The third-order valence-corrected chi connectivity index (χ3v) is 6.39. The SMILES string of the molecule is Cc1ccc(S(=O)(=O)N[C@H](Cc2ccc3ccccc3n2)c2ccccc2)cc1. The van der Waals surface area contributed by atoms with Gasteiger partial charge in [-0.15, -0.1) is 0 Å². The molecule has 4 nitrogen and oxygen atoms in total. The minimum absolute atomic E-state index is 0.260. The van der Waals surface area contributed by atoms with Crippen molar-refractivity contribution in [3.63, 3.8) is 0 Å². The molecule has 0 saturated carbocycles. The standard InChI is InChI=1S/C24H22N2O2S/c1-18-11-15-22(16-12-18)29(27,28)26-24(19-7-3-2-4-8-19)17-21-14-13-20-9-5-6-10-23(20)25-21/h2-16,24,26H,17H2,1H3/t24-/m1/s1. The van der Waals surface area contributed by atoms with Gasteiger partial charge in [0.2, 0.25) is 10.0 Å². The number of rotatable bonds is 6. The van der Waals surface area contributed by atoms with Gasteiger partial charge >= 0.3 is 0 Å². The third kappa shape index (κ3) is 4.53. The molecule has 0 bridgehead atoms. The Hall–Kier alpha value is -3.02. The molecule has 1 aromatic heterocycles. The molecule has 0 saturated heterocycles. The molecule has 0 spiro atoms. The molecule has 1 heterocycles. The van der Waals surface area contributed by atoms with Gasteiger partial charge in [-0.2, -0.15) is 0 Å². The van der Waals surface area contributed by atoms with Crippen molar-refractivity contribution in [2.75, 3.05) is 0 Å². The molecule has 3 aromatic carbocycles. The minimum Gasteiger partial charge on any atom is -0.253 e. The van der Waals surface area contributed by atoms with E-state index in [0.717, 1.165) is 27.7 Å². The molecule has 4 rings (SSSR count). The lowest BCUT2D eigenvalue weighted by molar-refractivity contribution is 0.553. The second-order valence-electron chi connectivity index (χ2n) is 7.10. The zero-order valence-corrected chi connectivity index (χ0v) is 16.9. The smallest absolute Gasteiger partial charge is 0.241 e. The number of aromatic nitrogens is 1. The molecular weight excluding hydrogens is 380 g/mol. The van der Waals surface area contributed by atoms with Crippen LogP contribution in [0.5, 0.6) is 0 Å². The van der Waals surface area contributed by atoms with Crippen molar-refractivity contribution in [2.24, 2.45) is 0 Å². The first kappa shape index (κ1) is 19.3. The van der Waals surface area contributed by atoms with Crippen molar-refractivity contribution < 1.29 is 8.42 Å². The summed E-state index contributed by atoms with van der Waals surface area (Å²) in [6.07, 6.45) is 0.458. The molecule has 1 N–H and O–H groups in total. The molecule has 0 aliphatic carbocycles. The van der Waals surface area contributed by atoms with Crippen LogP contribution >= 0.6 is 0 Å². The number of fused-ring (bicyclic) bond motifs is 1. The zero-order valence-electron chi connectivity index (χ0n) is 16.1. The van der Waals surface area contributed by atoms with Crippen LogP contribution < -0.4 is 4.72 Å². The van der Waals surface area contributed by atoms with E-state index in [1.165, 1.54) is 0 Å². The fourth-order valence-corrected chi connectivity index (χ4v) is 4.54. The predicted octanol–water partition coefficient (Wildman–Crippen LogP) is 4.81. The molecule has 146 valence electrons. The molecule has 0 unspecified atom stereocenters. The summed E-state index contributed by atoms with van der Waals surface area (Å²) in [5, 5.41) is 1.06. The first-order valence-corrected chi connectivity index (χ1v) is 11.0. The minimum atomic E-state index is -3.66. The van der Waals surface area contributed by atoms with E-state index in [-0.39, 0.29) is 4.90 Å². The maximum absolute atomic E-state index is 13.0. The number of nitrogens with zero attached hydrogens (tertiary/aromatic N) is 1. The first-order chi connectivity index (χ1) is 14.0. The molecule has 1 atom stereocenters. The summed E-state index contributed by atoms with van der Waals surface area (Å²) in [5.74, 6) is 0. The Morgan fingerprint density at radius 3 is 2.28 bits per heavy atom. The molecule has 4 aromatic rings. The monoisotopic (exact) mass is 402 g/mol. The van der Waals surface area contributed by atoms with Gasteiger partial charge in [0, 0.05) is 17.5 Å². The van der Waals surface area contributed by atoms with E-state index in [2.05, 4.69) is 4.72 Å². The van der Waals surface area contributed by atoms with Crippen LogP contribution in [0.3, 0.4) is 0 Å². The van der Waals surface area contributed by atoms with Gasteiger partial charge in [-0.05, 0) is 36.8 Å². The average molecular weight is 403 g/mol. The third-order valence-electron chi connectivity index (χ3n) is 4.90.